The Labute approximate surface area is 120 Å². The Bertz CT molecular complexity index is 460. The summed E-state index contributed by atoms with van der Waals surface area (Å²) in [6, 6.07) is 2.39. The van der Waals surface area contributed by atoms with Crippen molar-refractivity contribution in [3.05, 3.63) is 24.2 Å². The molecule has 0 aliphatic heterocycles. The van der Waals surface area contributed by atoms with Gasteiger partial charge in [-0.05, 0) is 19.1 Å². The molecule has 0 aliphatic carbocycles. The number of nitrogens with one attached hydrogen (secondary N) is 2. The number of hydrogen-bond donors (Lipinski definition) is 3. The number of aliphatic carboxylic acids is 1. The maximum absolute atomic E-state index is 11.7. The molecule has 1 unspecified atom stereocenters. The molecule has 3 N–H and O–H groups in total. The first-order valence-corrected chi connectivity index (χ1v) is 7.08. The smallest absolute Gasteiger partial charge is 0.313 e. The Kier molecular flexibility index (Phi) is 6.65. The first-order valence-electron chi connectivity index (χ1n) is 5.92. The van der Waals surface area contributed by atoms with Gasteiger partial charge in [-0.1, -0.05) is 0 Å². The number of thioether (sulfide) groups is 1. The van der Waals surface area contributed by atoms with Gasteiger partial charge >= 0.3 is 5.97 Å². The normalized spacial score (nSPS) is 11.7. The third-order valence-corrected chi connectivity index (χ3v) is 3.20. The number of carboxylic acids is 1. The van der Waals surface area contributed by atoms with Gasteiger partial charge in [-0.3, -0.25) is 14.4 Å². The van der Waals surface area contributed by atoms with E-state index in [0.29, 0.717) is 12.3 Å². The zero-order valence-electron chi connectivity index (χ0n) is 10.9. The van der Waals surface area contributed by atoms with Gasteiger partial charge in [0.2, 0.25) is 5.91 Å². The van der Waals surface area contributed by atoms with Crippen LogP contribution in [-0.2, 0) is 9.59 Å². The summed E-state index contributed by atoms with van der Waals surface area (Å²) in [4.78, 5) is 33.6. The molecule has 0 saturated carbocycles. The minimum atomic E-state index is -0.889. The Morgan fingerprint density at radius 2 is 2.20 bits per heavy atom. The predicted octanol–water partition coefficient (Wildman–Crippen LogP) is 0.332. The Hall–Kier alpha value is -1.96. The molecule has 0 aromatic carbocycles. The number of hydrogen-bond acceptors (Lipinski definition) is 5. The second-order valence-electron chi connectivity index (χ2n) is 3.91. The molecule has 0 bridgehead atoms. The fraction of sp³-hybridized carbons (Fsp3) is 0.417. The Morgan fingerprint density at radius 1 is 1.45 bits per heavy atom. The Balaban J connectivity index is 2.22. The third-order valence-electron chi connectivity index (χ3n) is 2.26. The van der Waals surface area contributed by atoms with Crippen molar-refractivity contribution in [1.82, 2.24) is 10.6 Å². The van der Waals surface area contributed by atoms with Gasteiger partial charge in [0.05, 0.1) is 12.0 Å². The SMILES string of the molecule is CC(NC(=O)c1ccco1)C(=O)NCCSCC(=O)O. The summed E-state index contributed by atoms with van der Waals surface area (Å²) in [5, 5.41) is 13.5. The second kappa shape index (κ2) is 8.26. The molecule has 1 heterocycles. The van der Waals surface area contributed by atoms with Gasteiger partial charge in [-0.25, -0.2) is 0 Å². The standard InChI is InChI=1S/C12H16N2O5S/c1-8(14-12(18)9-3-2-5-19-9)11(17)13-4-6-20-7-10(15)16/h2-3,5,8H,4,6-7H2,1H3,(H,13,17)(H,14,18)(H,15,16). The predicted molar refractivity (Wildman–Crippen MR) is 73.6 cm³/mol. The van der Waals surface area contributed by atoms with Crippen LogP contribution >= 0.6 is 11.8 Å². The molecule has 110 valence electrons. The molecular weight excluding hydrogens is 284 g/mol. The lowest BCUT2D eigenvalue weighted by molar-refractivity contribution is -0.133. The van der Waals surface area contributed by atoms with Gasteiger partial charge in [0.1, 0.15) is 6.04 Å². The first-order chi connectivity index (χ1) is 9.50. The fourth-order valence-corrected chi connectivity index (χ4v) is 1.87. The topological polar surface area (TPSA) is 109 Å². The van der Waals surface area contributed by atoms with E-state index in [0.717, 1.165) is 0 Å². The van der Waals surface area contributed by atoms with Crippen molar-refractivity contribution in [3.63, 3.8) is 0 Å². The van der Waals surface area contributed by atoms with Crippen molar-refractivity contribution in [2.75, 3.05) is 18.1 Å². The van der Waals surface area contributed by atoms with Crippen LogP contribution in [0.15, 0.2) is 22.8 Å². The van der Waals surface area contributed by atoms with Gasteiger partial charge in [-0.2, -0.15) is 0 Å². The molecule has 1 aromatic heterocycles. The summed E-state index contributed by atoms with van der Waals surface area (Å²) in [6.07, 6.45) is 1.37. The molecule has 0 radical (unpaired) electrons. The minimum absolute atomic E-state index is 0.000648. The summed E-state index contributed by atoms with van der Waals surface area (Å²) in [6.45, 7) is 1.90. The molecule has 0 fully saturated rings. The van der Waals surface area contributed by atoms with Crippen molar-refractivity contribution >= 4 is 29.5 Å². The average Bonchev–Trinajstić information content (AvgIpc) is 2.91. The van der Waals surface area contributed by atoms with Crippen LogP contribution in [0.4, 0.5) is 0 Å². The highest BCUT2D eigenvalue weighted by molar-refractivity contribution is 7.99. The molecule has 1 atom stereocenters. The van der Waals surface area contributed by atoms with Crippen molar-refractivity contribution < 1.29 is 23.9 Å². The molecule has 1 aromatic rings. The molecule has 2 amide bonds. The van der Waals surface area contributed by atoms with Crippen LogP contribution in [0.1, 0.15) is 17.5 Å². The first kappa shape index (κ1) is 16.1. The van der Waals surface area contributed by atoms with E-state index in [4.69, 9.17) is 9.52 Å². The van der Waals surface area contributed by atoms with E-state index in [1.807, 2.05) is 0 Å². The summed E-state index contributed by atoms with van der Waals surface area (Å²) >= 11 is 1.21. The minimum Gasteiger partial charge on any atom is -0.481 e. The van der Waals surface area contributed by atoms with Gasteiger partial charge < -0.3 is 20.2 Å². The molecular formula is C12H16N2O5S. The second-order valence-corrected chi connectivity index (χ2v) is 5.01. The molecule has 0 spiro atoms. The molecule has 8 heteroatoms. The molecule has 1 rings (SSSR count). The van der Waals surface area contributed by atoms with Crippen molar-refractivity contribution in [2.24, 2.45) is 0 Å². The zero-order valence-corrected chi connectivity index (χ0v) is 11.7. The third kappa shape index (κ3) is 5.79. The van der Waals surface area contributed by atoms with Gasteiger partial charge in [0.25, 0.3) is 5.91 Å². The van der Waals surface area contributed by atoms with Gasteiger partial charge in [0, 0.05) is 12.3 Å². The van der Waals surface area contributed by atoms with E-state index < -0.39 is 17.9 Å². The van der Waals surface area contributed by atoms with Gasteiger partial charge in [-0.15, -0.1) is 11.8 Å². The van der Waals surface area contributed by atoms with E-state index in [1.165, 1.54) is 24.1 Å². The maximum atomic E-state index is 11.7. The van der Waals surface area contributed by atoms with Crippen LogP contribution in [0.3, 0.4) is 0 Å². The van der Waals surface area contributed by atoms with E-state index in [1.54, 1.807) is 13.0 Å². The molecule has 0 aliphatic rings. The van der Waals surface area contributed by atoms with Crippen LogP contribution in [0, 0.1) is 0 Å². The van der Waals surface area contributed by atoms with Crippen LogP contribution in [-0.4, -0.2) is 47.0 Å². The molecule has 7 nitrogen and oxygen atoms in total. The van der Waals surface area contributed by atoms with E-state index in [-0.39, 0.29) is 17.4 Å². The summed E-state index contributed by atoms with van der Waals surface area (Å²) in [5.74, 6) is -1.04. The molecule has 0 saturated heterocycles. The number of furan rings is 1. The number of amides is 2. The lowest BCUT2D eigenvalue weighted by Crippen LogP contribution is -2.45. The highest BCUT2D eigenvalue weighted by atomic mass is 32.2. The average molecular weight is 300 g/mol. The number of carbonyl (C=O) groups is 3. The lowest BCUT2D eigenvalue weighted by Gasteiger charge is -2.13. The van der Waals surface area contributed by atoms with Gasteiger partial charge in [0.15, 0.2) is 5.76 Å². The maximum Gasteiger partial charge on any atom is 0.313 e. The van der Waals surface area contributed by atoms with E-state index >= 15 is 0 Å². The van der Waals surface area contributed by atoms with Crippen LogP contribution in [0.2, 0.25) is 0 Å². The van der Waals surface area contributed by atoms with E-state index in [9.17, 15) is 14.4 Å². The highest BCUT2D eigenvalue weighted by Gasteiger charge is 2.17. The molecule has 20 heavy (non-hydrogen) atoms. The van der Waals surface area contributed by atoms with Crippen molar-refractivity contribution in [1.29, 1.82) is 0 Å². The van der Waals surface area contributed by atoms with Crippen molar-refractivity contribution in [2.45, 2.75) is 13.0 Å². The quantitative estimate of drug-likeness (QED) is 0.597. The summed E-state index contributed by atoms with van der Waals surface area (Å²) in [5.41, 5.74) is 0. The van der Waals surface area contributed by atoms with Crippen LogP contribution < -0.4 is 10.6 Å². The fourth-order valence-electron chi connectivity index (χ4n) is 1.30. The number of carboxylic acid groups (broad SMARTS) is 1. The Morgan fingerprint density at radius 3 is 2.80 bits per heavy atom. The lowest BCUT2D eigenvalue weighted by atomic mass is 10.3. The monoisotopic (exact) mass is 300 g/mol. The van der Waals surface area contributed by atoms with Crippen LogP contribution in [0.25, 0.3) is 0 Å². The summed E-state index contributed by atoms with van der Waals surface area (Å²) in [7, 11) is 0. The largest absolute Gasteiger partial charge is 0.481 e. The van der Waals surface area contributed by atoms with E-state index in [2.05, 4.69) is 10.6 Å². The number of rotatable bonds is 8. The number of carbonyl (C=O) groups excluding carboxylic acids is 2. The zero-order chi connectivity index (χ0) is 15.0. The highest BCUT2D eigenvalue weighted by Crippen LogP contribution is 2.00. The van der Waals surface area contributed by atoms with Crippen molar-refractivity contribution in [3.8, 4) is 0 Å². The summed E-state index contributed by atoms with van der Waals surface area (Å²) < 4.78 is 4.91. The van der Waals surface area contributed by atoms with Crippen LogP contribution in [0.5, 0.6) is 0 Å².